The fraction of sp³-hybridized carbons (Fsp3) is 0.500. The molecule has 0 amide bonds. The molecule has 0 fully saturated rings. The van der Waals surface area contributed by atoms with Gasteiger partial charge in [0.1, 0.15) is 0 Å². The maximum Gasteiger partial charge on any atom is 0.0638 e. The fourth-order valence-corrected chi connectivity index (χ4v) is 2.56. The van der Waals surface area contributed by atoms with Crippen molar-refractivity contribution in [2.45, 2.75) is 32.4 Å². The second-order valence-corrected chi connectivity index (χ2v) is 4.99. The van der Waals surface area contributed by atoms with Gasteiger partial charge in [0.25, 0.3) is 0 Å². The molecule has 1 N–H and O–H groups in total. The summed E-state index contributed by atoms with van der Waals surface area (Å²) in [5.41, 5.74) is 0. The summed E-state index contributed by atoms with van der Waals surface area (Å²) >= 11 is 5.15. The zero-order valence-electron chi connectivity index (χ0n) is 8.09. The van der Waals surface area contributed by atoms with Crippen LogP contribution in [0.4, 0.5) is 0 Å². The molecular weight excluding hydrogens is 260 g/mol. The van der Waals surface area contributed by atoms with Crippen LogP contribution in [0.25, 0.3) is 0 Å². The van der Waals surface area contributed by atoms with Gasteiger partial charge in [-0.05, 0) is 28.4 Å². The monoisotopic (exact) mass is 272 g/mol. The van der Waals surface area contributed by atoms with Gasteiger partial charge >= 0.3 is 0 Å². The smallest absolute Gasteiger partial charge is 0.0638 e. The third kappa shape index (κ3) is 3.79. The van der Waals surface area contributed by atoms with Gasteiger partial charge < -0.3 is 5.32 Å². The number of rotatable bonds is 5. The first-order valence-electron chi connectivity index (χ1n) is 4.59. The van der Waals surface area contributed by atoms with Crippen LogP contribution in [0.3, 0.4) is 0 Å². The van der Waals surface area contributed by atoms with E-state index in [9.17, 15) is 0 Å². The first kappa shape index (κ1) is 11.7. The number of halogens is 1. The zero-order chi connectivity index (χ0) is 10.4. The number of nitrogens with zero attached hydrogens (tertiary/aromatic N) is 1. The van der Waals surface area contributed by atoms with Crippen molar-refractivity contribution in [2.75, 3.05) is 0 Å². The third-order valence-corrected chi connectivity index (χ3v) is 3.71. The lowest BCUT2D eigenvalue weighted by atomic mass is 10.2. The summed E-state index contributed by atoms with van der Waals surface area (Å²) in [6.45, 7) is 2.95. The molecule has 1 heterocycles. The molecule has 0 saturated carbocycles. The summed E-state index contributed by atoms with van der Waals surface area (Å²) in [5.74, 6) is 0. The molecule has 0 aliphatic carbocycles. The topological polar surface area (TPSA) is 35.8 Å². The van der Waals surface area contributed by atoms with E-state index in [1.807, 2.05) is 0 Å². The highest BCUT2D eigenvalue weighted by Gasteiger charge is 2.05. The van der Waals surface area contributed by atoms with Crippen molar-refractivity contribution in [2.24, 2.45) is 0 Å². The molecule has 1 unspecified atom stereocenters. The Balaban J connectivity index is 2.36. The Kier molecular flexibility index (Phi) is 5.16. The number of hydrogen-bond donors (Lipinski definition) is 1. The summed E-state index contributed by atoms with van der Waals surface area (Å²) in [4.78, 5) is 1.30. The average Bonchev–Trinajstić information content (AvgIpc) is 2.59. The second kappa shape index (κ2) is 6.18. The van der Waals surface area contributed by atoms with Gasteiger partial charge in [-0.1, -0.05) is 6.92 Å². The standard InChI is InChI=1S/C10H13BrN2S/c1-2-9(3-4-12)13-6-10-5-8(11)7-14-10/h5,7,9,13H,2-3,6H2,1H3. The van der Waals surface area contributed by atoms with Gasteiger partial charge in [0.2, 0.25) is 0 Å². The highest BCUT2D eigenvalue weighted by molar-refractivity contribution is 9.10. The Labute approximate surface area is 97.1 Å². The molecular formula is C10H13BrN2S. The summed E-state index contributed by atoms with van der Waals surface area (Å²) in [6, 6.07) is 4.62. The van der Waals surface area contributed by atoms with Crippen molar-refractivity contribution in [3.63, 3.8) is 0 Å². The molecule has 4 heteroatoms. The van der Waals surface area contributed by atoms with Crippen LogP contribution < -0.4 is 5.32 Å². The highest BCUT2D eigenvalue weighted by Crippen LogP contribution is 2.19. The van der Waals surface area contributed by atoms with E-state index < -0.39 is 0 Å². The molecule has 14 heavy (non-hydrogen) atoms. The maximum atomic E-state index is 8.57. The van der Waals surface area contributed by atoms with Crippen LogP contribution >= 0.6 is 27.3 Å². The molecule has 0 aliphatic rings. The lowest BCUT2D eigenvalue weighted by Crippen LogP contribution is -2.26. The fourth-order valence-electron chi connectivity index (χ4n) is 1.16. The second-order valence-electron chi connectivity index (χ2n) is 3.08. The summed E-state index contributed by atoms with van der Waals surface area (Å²) in [6.07, 6.45) is 1.59. The third-order valence-electron chi connectivity index (χ3n) is 2.02. The Morgan fingerprint density at radius 3 is 3.00 bits per heavy atom. The van der Waals surface area contributed by atoms with Crippen molar-refractivity contribution in [1.29, 1.82) is 5.26 Å². The van der Waals surface area contributed by atoms with Crippen LogP contribution in [-0.4, -0.2) is 6.04 Å². The minimum Gasteiger partial charge on any atom is -0.308 e. The van der Waals surface area contributed by atoms with Gasteiger partial charge in [-0.3, -0.25) is 0 Å². The predicted octanol–water partition coefficient (Wildman–Crippen LogP) is 3.29. The van der Waals surface area contributed by atoms with E-state index >= 15 is 0 Å². The number of hydrogen-bond acceptors (Lipinski definition) is 3. The lowest BCUT2D eigenvalue weighted by molar-refractivity contribution is 0.507. The molecule has 0 saturated heterocycles. The number of nitrogens with one attached hydrogen (secondary N) is 1. The number of thiophene rings is 1. The van der Waals surface area contributed by atoms with Crippen molar-refractivity contribution in [3.05, 3.63) is 20.8 Å². The normalized spacial score (nSPS) is 12.4. The highest BCUT2D eigenvalue weighted by atomic mass is 79.9. The molecule has 0 radical (unpaired) electrons. The summed E-state index contributed by atoms with van der Waals surface area (Å²) < 4.78 is 1.13. The lowest BCUT2D eigenvalue weighted by Gasteiger charge is -2.11. The van der Waals surface area contributed by atoms with Gasteiger partial charge in [-0.25, -0.2) is 0 Å². The Morgan fingerprint density at radius 1 is 1.71 bits per heavy atom. The Bertz CT molecular complexity index is 316. The van der Waals surface area contributed by atoms with E-state index in [1.54, 1.807) is 11.3 Å². The molecule has 0 aliphatic heterocycles. The van der Waals surface area contributed by atoms with Crippen LogP contribution in [0.5, 0.6) is 0 Å². The van der Waals surface area contributed by atoms with Crippen molar-refractivity contribution in [1.82, 2.24) is 5.32 Å². The molecule has 1 atom stereocenters. The van der Waals surface area contributed by atoms with Crippen LogP contribution in [0.1, 0.15) is 24.6 Å². The van der Waals surface area contributed by atoms with Gasteiger partial charge in [0.15, 0.2) is 0 Å². The number of nitriles is 1. The SMILES string of the molecule is CCC(CC#N)NCc1cc(Br)cs1. The maximum absolute atomic E-state index is 8.57. The van der Waals surface area contributed by atoms with Crippen molar-refractivity contribution < 1.29 is 0 Å². The van der Waals surface area contributed by atoms with Gasteiger partial charge in [0.05, 0.1) is 12.5 Å². The van der Waals surface area contributed by atoms with E-state index in [1.165, 1.54) is 4.88 Å². The Morgan fingerprint density at radius 2 is 2.50 bits per heavy atom. The zero-order valence-corrected chi connectivity index (χ0v) is 10.5. The van der Waals surface area contributed by atoms with Gasteiger partial charge in [-0.2, -0.15) is 5.26 Å². The summed E-state index contributed by atoms with van der Waals surface area (Å²) in [5, 5.41) is 14.0. The summed E-state index contributed by atoms with van der Waals surface area (Å²) in [7, 11) is 0. The van der Waals surface area contributed by atoms with Crippen LogP contribution in [-0.2, 0) is 6.54 Å². The van der Waals surface area contributed by atoms with E-state index in [0.717, 1.165) is 17.4 Å². The predicted molar refractivity (Wildman–Crippen MR) is 63.2 cm³/mol. The molecule has 1 rings (SSSR count). The van der Waals surface area contributed by atoms with Crippen LogP contribution in [0.15, 0.2) is 15.9 Å². The molecule has 0 spiro atoms. The van der Waals surface area contributed by atoms with E-state index in [-0.39, 0.29) is 0 Å². The van der Waals surface area contributed by atoms with E-state index in [2.05, 4.69) is 45.7 Å². The van der Waals surface area contributed by atoms with Crippen molar-refractivity contribution in [3.8, 4) is 6.07 Å². The van der Waals surface area contributed by atoms with Gasteiger partial charge in [0, 0.05) is 27.3 Å². The van der Waals surface area contributed by atoms with Gasteiger partial charge in [-0.15, -0.1) is 11.3 Å². The first-order chi connectivity index (χ1) is 6.76. The first-order valence-corrected chi connectivity index (χ1v) is 6.26. The average molecular weight is 273 g/mol. The molecule has 1 aromatic rings. The van der Waals surface area contributed by atoms with E-state index in [4.69, 9.17) is 5.26 Å². The minimum atomic E-state index is 0.320. The molecule has 2 nitrogen and oxygen atoms in total. The van der Waals surface area contributed by atoms with Crippen LogP contribution in [0.2, 0.25) is 0 Å². The molecule has 1 aromatic heterocycles. The van der Waals surface area contributed by atoms with Crippen LogP contribution in [0, 0.1) is 11.3 Å². The van der Waals surface area contributed by atoms with Crippen molar-refractivity contribution >= 4 is 27.3 Å². The molecule has 0 aromatic carbocycles. The Hall–Kier alpha value is -0.370. The quantitative estimate of drug-likeness (QED) is 0.893. The largest absolute Gasteiger partial charge is 0.308 e. The van der Waals surface area contributed by atoms with E-state index in [0.29, 0.717) is 12.5 Å². The minimum absolute atomic E-state index is 0.320. The molecule has 76 valence electrons. The molecule has 0 bridgehead atoms.